The number of hydrogen-bond donors (Lipinski definition) is 2. The first-order chi connectivity index (χ1) is 14.5. The van der Waals surface area contributed by atoms with Crippen molar-refractivity contribution in [2.45, 2.75) is 18.9 Å². The molecule has 2 amide bonds. The van der Waals surface area contributed by atoms with Crippen LogP contribution in [0.15, 0.2) is 57.9 Å². The molecule has 1 aliphatic heterocycles. The highest BCUT2D eigenvalue weighted by molar-refractivity contribution is 6.31. The van der Waals surface area contributed by atoms with Crippen LogP contribution in [-0.2, 0) is 4.74 Å². The van der Waals surface area contributed by atoms with E-state index in [0.29, 0.717) is 40.4 Å². The summed E-state index contributed by atoms with van der Waals surface area (Å²) in [5.41, 5.74) is 7.14. The highest BCUT2D eigenvalue weighted by Crippen LogP contribution is 2.20. The number of amides is 2. The fourth-order valence-corrected chi connectivity index (χ4v) is 3.45. The molecule has 30 heavy (non-hydrogen) atoms. The van der Waals surface area contributed by atoms with E-state index < -0.39 is 5.91 Å². The van der Waals surface area contributed by atoms with Gasteiger partial charge in [0, 0.05) is 29.1 Å². The van der Waals surface area contributed by atoms with E-state index in [2.05, 4.69) is 10.3 Å². The van der Waals surface area contributed by atoms with Crippen LogP contribution in [0.25, 0.3) is 11.0 Å². The number of nitrogens with one attached hydrogen (secondary N) is 1. The summed E-state index contributed by atoms with van der Waals surface area (Å²) < 4.78 is 11.5. The molecule has 0 radical (unpaired) electrons. The number of ether oxygens (including phenoxy) is 1. The Balaban J connectivity index is 1.73. The van der Waals surface area contributed by atoms with Gasteiger partial charge in [-0.2, -0.15) is 0 Å². The third-order valence-corrected chi connectivity index (χ3v) is 5.09. The molecule has 3 N–H and O–H groups in total. The third kappa shape index (κ3) is 4.53. The van der Waals surface area contributed by atoms with Crippen molar-refractivity contribution in [2.24, 2.45) is 10.7 Å². The normalized spacial score (nSPS) is 16.7. The van der Waals surface area contributed by atoms with Gasteiger partial charge in [-0.3, -0.25) is 9.59 Å². The van der Waals surface area contributed by atoms with Crippen LogP contribution in [0.4, 0.5) is 5.69 Å². The van der Waals surface area contributed by atoms with Crippen LogP contribution < -0.4 is 16.6 Å². The lowest BCUT2D eigenvalue weighted by Gasteiger charge is -2.11. The Morgan fingerprint density at radius 2 is 1.97 bits per heavy atom. The van der Waals surface area contributed by atoms with Crippen molar-refractivity contribution in [3.63, 3.8) is 0 Å². The number of fused-ring (bicyclic) bond motifs is 1. The van der Waals surface area contributed by atoms with Gasteiger partial charge in [0.25, 0.3) is 5.91 Å². The highest BCUT2D eigenvalue weighted by Gasteiger charge is 2.18. The minimum atomic E-state index is -0.525. The monoisotopic (exact) mass is 425 g/mol. The van der Waals surface area contributed by atoms with Crippen LogP contribution in [-0.4, -0.2) is 31.1 Å². The van der Waals surface area contributed by atoms with Crippen LogP contribution in [0, 0.1) is 0 Å². The number of primary amides is 1. The Morgan fingerprint density at radius 1 is 1.17 bits per heavy atom. The summed E-state index contributed by atoms with van der Waals surface area (Å²) >= 11 is 6.09. The Morgan fingerprint density at radius 3 is 2.67 bits per heavy atom. The van der Waals surface area contributed by atoms with Crippen LogP contribution in [0.2, 0.25) is 5.02 Å². The fraction of sp³-hybridized carbons (Fsp3) is 0.227. The molecule has 0 bridgehead atoms. The molecule has 0 aliphatic carbocycles. The summed E-state index contributed by atoms with van der Waals surface area (Å²) in [5.74, 6) is -0.841. The van der Waals surface area contributed by atoms with Crippen molar-refractivity contribution >= 4 is 40.1 Å². The van der Waals surface area contributed by atoms with E-state index in [1.165, 1.54) is 0 Å². The van der Waals surface area contributed by atoms with E-state index in [4.69, 9.17) is 26.5 Å². The number of carbonyl (C=O) groups excluding carboxylic acids is 2. The molecular formula is C22H20ClN3O4. The van der Waals surface area contributed by atoms with Crippen molar-refractivity contribution in [1.82, 2.24) is 5.32 Å². The largest absolute Gasteiger partial charge is 0.438 e. The molecule has 3 aromatic rings. The number of carbonyl (C=O) groups is 2. The number of benzene rings is 2. The molecule has 7 nitrogen and oxygen atoms in total. The van der Waals surface area contributed by atoms with Crippen molar-refractivity contribution in [3.8, 4) is 0 Å². The molecule has 8 heteroatoms. The molecule has 1 atom stereocenters. The van der Waals surface area contributed by atoms with Gasteiger partial charge >= 0.3 is 0 Å². The minimum Gasteiger partial charge on any atom is -0.438 e. The number of halogens is 1. The summed E-state index contributed by atoms with van der Waals surface area (Å²) in [6.07, 6.45) is 1.93. The Bertz CT molecular complexity index is 1170. The first kappa shape index (κ1) is 20.1. The standard InChI is InChI=1S/C22H20ClN3O4/c23-15-5-8-19-14(10-15)11-18(21(28)25-12-17-2-1-9-29-17)22(30-19)26-16-6-3-13(4-7-16)20(24)27/h3-8,10-11,17H,1-2,9,12H2,(H2,24,27)(H,25,28). The molecule has 1 aromatic heterocycles. The third-order valence-electron chi connectivity index (χ3n) is 4.85. The average molecular weight is 426 g/mol. The Kier molecular flexibility index (Phi) is 5.83. The van der Waals surface area contributed by atoms with Crippen LogP contribution >= 0.6 is 11.6 Å². The van der Waals surface area contributed by atoms with Gasteiger partial charge < -0.3 is 20.2 Å². The molecule has 1 unspecified atom stereocenters. The molecular weight excluding hydrogens is 406 g/mol. The second-order valence-corrected chi connectivity index (χ2v) is 7.45. The molecule has 1 saturated heterocycles. The molecule has 0 saturated carbocycles. The van der Waals surface area contributed by atoms with Gasteiger partial charge in [0.15, 0.2) is 0 Å². The predicted octanol–water partition coefficient (Wildman–Crippen LogP) is 3.33. The maximum atomic E-state index is 12.9. The van der Waals surface area contributed by atoms with Crippen LogP contribution in [0.5, 0.6) is 0 Å². The zero-order valence-electron chi connectivity index (χ0n) is 16.1. The topological polar surface area (TPSA) is 107 Å². The van der Waals surface area contributed by atoms with E-state index in [1.807, 2.05) is 0 Å². The molecule has 2 heterocycles. The molecule has 154 valence electrons. The van der Waals surface area contributed by atoms with Gasteiger partial charge in [0.2, 0.25) is 11.5 Å². The summed E-state index contributed by atoms with van der Waals surface area (Å²) in [5, 5.41) is 4.12. The smallest absolute Gasteiger partial charge is 0.256 e. The SMILES string of the molecule is NC(=O)c1ccc(N=c2oc3ccc(Cl)cc3cc2C(=O)NCC2CCCO2)cc1. The second kappa shape index (κ2) is 8.69. The average Bonchev–Trinajstić information content (AvgIpc) is 3.26. The zero-order chi connectivity index (χ0) is 21.1. The fourth-order valence-electron chi connectivity index (χ4n) is 3.27. The van der Waals surface area contributed by atoms with Gasteiger partial charge in [-0.25, -0.2) is 4.99 Å². The van der Waals surface area contributed by atoms with E-state index in [-0.39, 0.29) is 23.1 Å². The number of nitrogens with zero attached hydrogens (tertiary/aromatic N) is 1. The van der Waals surface area contributed by atoms with Crippen molar-refractivity contribution < 1.29 is 18.7 Å². The summed E-state index contributed by atoms with van der Waals surface area (Å²) in [4.78, 5) is 28.6. The number of rotatable bonds is 5. The maximum absolute atomic E-state index is 12.9. The Labute approximate surface area is 177 Å². The number of nitrogens with two attached hydrogens (primary N) is 1. The predicted molar refractivity (Wildman–Crippen MR) is 113 cm³/mol. The quantitative estimate of drug-likeness (QED) is 0.653. The van der Waals surface area contributed by atoms with Gasteiger partial charge in [-0.15, -0.1) is 0 Å². The van der Waals surface area contributed by atoms with E-state index in [1.54, 1.807) is 48.5 Å². The van der Waals surface area contributed by atoms with Gasteiger partial charge in [-0.1, -0.05) is 11.6 Å². The van der Waals surface area contributed by atoms with Crippen LogP contribution in [0.1, 0.15) is 33.6 Å². The lowest BCUT2D eigenvalue weighted by molar-refractivity contribution is 0.0854. The maximum Gasteiger partial charge on any atom is 0.256 e. The lowest BCUT2D eigenvalue weighted by atomic mass is 10.1. The van der Waals surface area contributed by atoms with Gasteiger partial charge in [0.05, 0.1) is 11.8 Å². The van der Waals surface area contributed by atoms with Gasteiger partial charge in [-0.05, 0) is 61.4 Å². The second-order valence-electron chi connectivity index (χ2n) is 7.02. The molecule has 1 fully saturated rings. The molecule has 1 aliphatic rings. The zero-order valence-corrected chi connectivity index (χ0v) is 16.8. The molecule has 2 aromatic carbocycles. The highest BCUT2D eigenvalue weighted by atomic mass is 35.5. The van der Waals surface area contributed by atoms with Gasteiger partial charge in [0.1, 0.15) is 11.1 Å². The van der Waals surface area contributed by atoms with Crippen molar-refractivity contribution in [3.05, 3.63) is 70.2 Å². The van der Waals surface area contributed by atoms with Crippen molar-refractivity contribution in [1.29, 1.82) is 0 Å². The van der Waals surface area contributed by atoms with E-state index >= 15 is 0 Å². The number of hydrogen-bond acceptors (Lipinski definition) is 5. The summed E-state index contributed by atoms with van der Waals surface area (Å²) in [7, 11) is 0. The van der Waals surface area contributed by atoms with Crippen LogP contribution in [0.3, 0.4) is 0 Å². The Hall–Kier alpha value is -3.16. The van der Waals surface area contributed by atoms with E-state index in [9.17, 15) is 9.59 Å². The van der Waals surface area contributed by atoms with Crippen molar-refractivity contribution in [2.75, 3.05) is 13.2 Å². The summed E-state index contributed by atoms with van der Waals surface area (Å²) in [6.45, 7) is 1.13. The lowest BCUT2D eigenvalue weighted by Crippen LogP contribution is -2.34. The molecule has 0 spiro atoms. The van der Waals surface area contributed by atoms with E-state index in [0.717, 1.165) is 12.8 Å². The minimum absolute atomic E-state index is 0.0162. The first-order valence-electron chi connectivity index (χ1n) is 9.57. The summed E-state index contributed by atoms with van der Waals surface area (Å²) in [6, 6.07) is 13.3. The first-order valence-corrected chi connectivity index (χ1v) is 9.95. The molecule has 4 rings (SSSR count).